The summed E-state index contributed by atoms with van der Waals surface area (Å²) in [6.45, 7) is 6.42. The van der Waals surface area contributed by atoms with Crippen molar-refractivity contribution < 1.29 is 4.79 Å². The number of hydrogen-bond donors (Lipinski definition) is 2. The lowest BCUT2D eigenvalue weighted by atomic mass is 9.98. The van der Waals surface area contributed by atoms with Crippen molar-refractivity contribution in [1.82, 2.24) is 9.55 Å². The lowest BCUT2D eigenvalue weighted by molar-refractivity contribution is -0.122. The fourth-order valence-corrected chi connectivity index (χ4v) is 1.97. The molecule has 2 aromatic rings. The molecule has 102 valence electrons. The van der Waals surface area contributed by atoms with E-state index in [9.17, 15) is 4.79 Å². The summed E-state index contributed by atoms with van der Waals surface area (Å²) in [7, 11) is 0. The average molecular weight is 260 g/mol. The Balaban J connectivity index is 2.27. The Kier molecular flexibility index (Phi) is 3.32. The first-order valence-corrected chi connectivity index (χ1v) is 6.32. The zero-order chi connectivity index (χ0) is 14.2. The van der Waals surface area contributed by atoms with Gasteiger partial charge in [-0.3, -0.25) is 4.79 Å². The molecular weight excluding hydrogens is 240 g/mol. The lowest BCUT2D eigenvalue weighted by Crippen LogP contribution is -2.49. The van der Waals surface area contributed by atoms with E-state index in [1.165, 1.54) is 11.1 Å². The van der Waals surface area contributed by atoms with Crippen molar-refractivity contribution in [1.29, 1.82) is 0 Å². The molecule has 0 radical (unpaired) electrons. The van der Waals surface area contributed by atoms with Gasteiger partial charge in [-0.2, -0.15) is 0 Å². The van der Waals surface area contributed by atoms with Gasteiger partial charge in [-0.25, -0.2) is 4.98 Å². The van der Waals surface area contributed by atoms with Crippen LogP contribution in [-0.4, -0.2) is 21.0 Å². The van der Waals surface area contributed by atoms with Gasteiger partial charge in [-0.15, -0.1) is 0 Å². The topological polar surface area (TPSA) is 86.9 Å². The summed E-state index contributed by atoms with van der Waals surface area (Å²) in [5.74, 6) is -0.482. The van der Waals surface area contributed by atoms with Crippen molar-refractivity contribution in [2.45, 2.75) is 39.3 Å². The van der Waals surface area contributed by atoms with Crippen molar-refractivity contribution in [3.05, 3.63) is 29.6 Å². The van der Waals surface area contributed by atoms with E-state index in [0.717, 1.165) is 11.0 Å². The van der Waals surface area contributed by atoms with Crippen molar-refractivity contribution in [3.63, 3.8) is 0 Å². The summed E-state index contributed by atoms with van der Waals surface area (Å²) in [5.41, 5.74) is 14.6. The number of aromatic nitrogens is 2. The van der Waals surface area contributed by atoms with E-state index in [1.54, 1.807) is 13.3 Å². The lowest BCUT2D eigenvalue weighted by Gasteiger charge is -2.20. The van der Waals surface area contributed by atoms with Crippen LogP contribution in [-0.2, 0) is 11.3 Å². The van der Waals surface area contributed by atoms with Crippen LogP contribution in [0.5, 0.6) is 0 Å². The number of hydrogen-bond acceptors (Lipinski definition) is 3. The molecule has 1 heterocycles. The molecule has 1 atom stereocenters. The monoisotopic (exact) mass is 260 g/mol. The van der Waals surface area contributed by atoms with Crippen LogP contribution >= 0.6 is 0 Å². The molecule has 0 saturated heterocycles. The van der Waals surface area contributed by atoms with Crippen LogP contribution in [0.15, 0.2) is 18.5 Å². The van der Waals surface area contributed by atoms with Crippen LogP contribution in [0.2, 0.25) is 0 Å². The molecule has 1 aromatic carbocycles. The first-order chi connectivity index (χ1) is 8.81. The van der Waals surface area contributed by atoms with Crippen molar-refractivity contribution in [2.24, 2.45) is 11.5 Å². The maximum Gasteiger partial charge on any atom is 0.237 e. The summed E-state index contributed by atoms with van der Waals surface area (Å²) in [4.78, 5) is 15.6. The molecule has 5 nitrogen and oxygen atoms in total. The minimum atomic E-state index is -0.990. The number of nitrogens with two attached hydrogens (primary N) is 2. The van der Waals surface area contributed by atoms with Crippen molar-refractivity contribution in [2.75, 3.05) is 0 Å². The summed E-state index contributed by atoms with van der Waals surface area (Å²) >= 11 is 0. The minimum Gasteiger partial charge on any atom is -0.368 e. The Morgan fingerprint density at radius 3 is 2.63 bits per heavy atom. The number of carbonyl (C=O) groups excluding carboxylic acids is 1. The van der Waals surface area contributed by atoms with Gasteiger partial charge >= 0.3 is 0 Å². The van der Waals surface area contributed by atoms with E-state index >= 15 is 0 Å². The molecule has 5 heteroatoms. The smallest absolute Gasteiger partial charge is 0.237 e. The number of benzene rings is 1. The number of carbonyl (C=O) groups is 1. The zero-order valence-corrected chi connectivity index (χ0v) is 11.6. The Hall–Kier alpha value is -1.88. The molecule has 19 heavy (non-hydrogen) atoms. The largest absolute Gasteiger partial charge is 0.368 e. The number of imidazole rings is 1. The number of amides is 1. The van der Waals surface area contributed by atoms with Gasteiger partial charge in [0.15, 0.2) is 0 Å². The standard InChI is InChI=1S/C14H20N4O/c1-9-6-11-12(7-10(9)2)18(8-17-11)5-4-14(3,16)13(15)19/h6-8H,4-5,16H2,1-3H3,(H2,15,19). The third kappa shape index (κ3) is 2.61. The molecule has 0 aliphatic carbocycles. The van der Waals surface area contributed by atoms with Crippen LogP contribution < -0.4 is 11.5 Å². The van der Waals surface area contributed by atoms with Crippen LogP contribution in [0.1, 0.15) is 24.5 Å². The highest BCUT2D eigenvalue weighted by molar-refractivity contribution is 5.83. The third-order valence-electron chi connectivity index (χ3n) is 3.67. The molecule has 2 rings (SSSR count). The maximum atomic E-state index is 11.2. The molecule has 1 unspecified atom stereocenters. The molecule has 4 N–H and O–H groups in total. The second kappa shape index (κ2) is 4.66. The summed E-state index contributed by atoms with van der Waals surface area (Å²) < 4.78 is 2.01. The van der Waals surface area contributed by atoms with Crippen molar-refractivity contribution in [3.8, 4) is 0 Å². The van der Waals surface area contributed by atoms with Gasteiger partial charge in [0.2, 0.25) is 5.91 Å². The molecule has 0 aliphatic rings. The predicted molar refractivity (Wildman–Crippen MR) is 75.6 cm³/mol. The number of nitrogens with zero attached hydrogens (tertiary/aromatic N) is 2. The summed E-state index contributed by atoms with van der Waals surface area (Å²) in [6, 6.07) is 4.17. The molecule has 1 aromatic heterocycles. The van der Waals surface area contributed by atoms with Crippen LogP contribution in [0.3, 0.4) is 0 Å². The summed E-state index contributed by atoms with van der Waals surface area (Å²) in [6.07, 6.45) is 2.27. The number of fused-ring (bicyclic) bond motifs is 1. The fourth-order valence-electron chi connectivity index (χ4n) is 1.97. The van der Waals surface area contributed by atoms with Crippen LogP contribution in [0, 0.1) is 13.8 Å². The van der Waals surface area contributed by atoms with Crippen molar-refractivity contribution >= 4 is 16.9 Å². The van der Waals surface area contributed by atoms with E-state index in [-0.39, 0.29) is 0 Å². The van der Waals surface area contributed by atoms with E-state index in [1.807, 2.05) is 4.57 Å². The van der Waals surface area contributed by atoms with E-state index in [2.05, 4.69) is 31.0 Å². The molecule has 1 amide bonds. The number of rotatable bonds is 4. The Bertz CT molecular complexity index is 628. The second-order valence-electron chi connectivity index (χ2n) is 5.39. The quantitative estimate of drug-likeness (QED) is 0.867. The van der Waals surface area contributed by atoms with Gasteiger partial charge in [0, 0.05) is 6.54 Å². The molecule has 0 fully saturated rings. The van der Waals surface area contributed by atoms with E-state index in [0.29, 0.717) is 13.0 Å². The SMILES string of the molecule is Cc1cc2ncn(CCC(C)(N)C(N)=O)c2cc1C. The highest BCUT2D eigenvalue weighted by Crippen LogP contribution is 2.19. The van der Waals surface area contributed by atoms with Gasteiger partial charge in [0.1, 0.15) is 0 Å². The second-order valence-corrected chi connectivity index (χ2v) is 5.39. The Morgan fingerprint density at radius 1 is 1.37 bits per heavy atom. The van der Waals surface area contributed by atoms with Crippen LogP contribution in [0.25, 0.3) is 11.0 Å². The normalized spacial score (nSPS) is 14.5. The Morgan fingerprint density at radius 2 is 2.00 bits per heavy atom. The van der Waals surface area contributed by atoms with Gasteiger partial charge < -0.3 is 16.0 Å². The van der Waals surface area contributed by atoms with Gasteiger partial charge in [0.05, 0.1) is 22.9 Å². The molecule has 0 bridgehead atoms. The first kappa shape index (κ1) is 13.5. The number of aryl methyl sites for hydroxylation is 3. The third-order valence-corrected chi connectivity index (χ3v) is 3.67. The Labute approximate surface area is 112 Å². The molecule has 0 spiro atoms. The zero-order valence-electron chi connectivity index (χ0n) is 11.6. The fraction of sp³-hybridized carbons (Fsp3) is 0.429. The summed E-state index contributed by atoms with van der Waals surface area (Å²) in [5, 5.41) is 0. The van der Waals surface area contributed by atoms with Gasteiger partial charge in [-0.05, 0) is 50.5 Å². The highest BCUT2D eigenvalue weighted by Gasteiger charge is 2.25. The highest BCUT2D eigenvalue weighted by atomic mass is 16.1. The predicted octanol–water partition coefficient (Wildman–Crippen LogP) is 1.25. The van der Waals surface area contributed by atoms with E-state index in [4.69, 9.17) is 11.5 Å². The molecule has 0 saturated carbocycles. The minimum absolute atomic E-state index is 0.482. The molecule has 0 aliphatic heterocycles. The van der Waals surface area contributed by atoms with Gasteiger partial charge in [0.25, 0.3) is 0 Å². The van der Waals surface area contributed by atoms with Crippen LogP contribution in [0.4, 0.5) is 0 Å². The number of primary amides is 1. The maximum absolute atomic E-state index is 11.2. The van der Waals surface area contributed by atoms with E-state index < -0.39 is 11.4 Å². The first-order valence-electron chi connectivity index (χ1n) is 6.32. The molecular formula is C14H20N4O. The average Bonchev–Trinajstić information content (AvgIpc) is 2.69. The van der Waals surface area contributed by atoms with Gasteiger partial charge in [-0.1, -0.05) is 0 Å².